The molecule has 0 amide bonds. The number of carbonyl (C=O) groups is 13. The SMILES string of the molecule is C#CCC(O)C(=O)O.C#CCC(O)C(C)=O.C#CCC(O)C(C)=O.C#CCC(O)C(C)=O.C#CCC(O)C(C)=O.CC(=O)C(O)Cc1ccc(F)c(F)c1.CC(=O)C(O)Cc1ccc(F)c(F)c1.CC(=O)C(O)Cc1ccc(F)c(F)c1.CC(=O)C(O)Cc1ccc(F)c(F)c1.CCC(O)C(=O)O.CCC(O)C(C)=O.CCC(O)C(C)=O.O=C(O)C(O)Cc1ccc(F)c(F)c1. The Balaban J connectivity index is -0.000000211. The van der Waals surface area contributed by atoms with Crippen molar-refractivity contribution in [1.29, 1.82) is 0 Å². The lowest BCUT2D eigenvalue weighted by Crippen LogP contribution is -2.22. The second-order valence-electron chi connectivity index (χ2n) is 26.9. The highest BCUT2D eigenvalue weighted by molar-refractivity contribution is 5.84. The van der Waals surface area contributed by atoms with E-state index in [4.69, 9.17) is 93.4 Å². The maximum absolute atomic E-state index is 12.7. The van der Waals surface area contributed by atoms with E-state index in [9.17, 15) is 127 Å². The van der Waals surface area contributed by atoms with Gasteiger partial charge in [-0.25, -0.2) is 58.3 Å². The molecule has 39 heteroatoms. The molecule has 0 saturated carbocycles. The van der Waals surface area contributed by atoms with Gasteiger partial charge < -0.3 is 81.7 Å². The van der Waals surface area contributed by atoms with Crippen LogP contribution in [-0.4, -0.2) is 237 Å². The Bertz CT molecular complexity index is 3950. The molecule has 16 N–H and O–H groups in total. The van der Waals surface area contributed by atoms with Crippen LogP contribution in [0.25, 0.3) is 0 Å². The normalized spacial score (nSPS) is 12.6. The van der Waals surface area contributed by atoms with Gasteiger partial charge in [0.15, 0.2) is 134 Å². The molecule has 0 aromatic heterocycles. The Hall–Kier alpha value is -12.2. The predicted octanol–water partition coefficient (Wildman–Crippen LogP) is 6.61. The van der Waals surface area contributed by atoms with Crippen LogP contribution in [0, 0.1) is 120 Å². The van der Waals surface area contributed by atoms with E-state index in [1.165, 1.54) is 99.6 Å². The van der Waals surface area contributed by atoms with E-state index >= 15 is 0 Å². The van der Waals surface area contributed by atoms with Gasteiger partial charge in [-0.05, 0) is 177 Å². The van der Waals surface area contributed by atoms with Crippen LogP contribution in [0.4, 0.5) is 43.9 Å². The summed E-state index contributed by atoms with van der Waals surface area (Å²) in [4.78, 5) is 133. The zero-order valence-corrected chi connectivity index (χ0v) is 74.0. The molecular weight excluding hydrogens is 1760 g/mol. The summed E-state index contributed by atoms with van der Waals surface area (Å²) >= 11 is 0. The first-order chi connectivity index (χ1) is 60.5. The fourth-order valence-corrected chi connectivity index (χ4v) is 7.08. The molecule has 0 heterocycles. The van der Waals surface area contributed by atoms with Gasteiger partial charge in [0.05, 0.1) is 0 Å². The van der Waals surface area contributed by atoms with E-state index in [-0.39, 0.29) is 111 Å². The minimum Gasteiger partial charge on any atom is -0.479 e. The quantitative estimate of drug-likeness (QED) is 0.0164. The molecule has 0 spiro atoms. The molecule has 0 bridgehead atoms. The van der Waals surface area contributed by atoms with Crippen LogP contribution in [-0.2, 0) is 94.4 Å². The van der Waals surface area contributed by atoms with Gasteiger partial charge in [0.2, 0.25) is 0 Å². The lowest BCUT2D eigenvalue weighted by Gasteiger charge is -2.06. The summed E-state index contributed by atoms with van der Waals surface area (Å²) in [5.41, 5.74) is 1.82. The number of benzene rings is 5. The van der Waals surface area contributed by atoms with Crippen LogP contribution >= 0.6 is 0 Å². The van der Waals surface area contributed by atoms with E-state index < -0.39 is 179 Å². The van der Waals surface area contributed by atoms with E-state index in [0.717, 1.165) is 60.7 Å². The van der Waals surface area contributed by atoms with Gasteiger partial charge in [0.25, 0.3) is 0 Å². The Morgan fingerprint density at radius 3 is 0.443 bits per heavy atom. The minimum absolute atomic E-state index is 0.00648. The number of aliphatic carboxylic acids is 3. The fourth-order valence-electron chi connectivity index (χ4n) is 7.08. The van der Waals surface area contributed by atoms with Gasteiger partial charge in [0.1, 0.15) is 61.0 Å². The molecule has 131 heavy (non-hydrogen) atoms. The lowest BCUT2D eigenvalue weighted by atomic mass is 10.1. The molecule has 5 aromatic carbocycles. The predicted molar refractivity (Wildman–Crippen MR) is 456 cm³/mol. The van der Waals surface area contributed by atoms with Crippen molar-refractivity contribution >= 4 is 75.7 Å². The topological polar surface area (TPSA) is 546 Å². The Morgan fingerprint density at radius 2 is 0.359 bits per heavy atom. The maximum atomic E-state index is 12.7. The molecule has 13 atom stereocenters. The average Bonchev–Trinajstić information content (AvgIpc) is 0.897. The van der Waals surface area contributed by atoms with Crippen molar-refractivity contribution in [3.8, 4) is 61.7 Å². The molecule has 0 fully saturated rings. The third-order valence-electron chi connectivity index (χ3n) is 15.3. The maximum Gasteiger partial charge on any atom is 0.333 e. The molecule has 0 aliphatic rings. The summed E-state index contributed by atoms with van der Waals surface area (Å²) in [6, 6.07) is 16.1. The van der Waals surface area contributed by atoms with Gasteiger partial charge in [-0.15, -0.1) is 61.7 Å². The van der Waals surface area contributed by atoms with Crippen molar-refractivity contribution < 1.29 is 188 Å². The van der Waals surface area contributed by atoms with Crippen LogP contribution in [0.1, 0.15) is 169 Å². The zero-order chi connectivity index (χ0) is 104. The Morgan fingerprint density at radius 1 is 0.221 bits per heavy atom. The highest BCUT2D eigenvalue weighted by Crippen LogP contribution is 2.16. The van der Waals surface area contributed by atoms with Gasteiger partial charge in [-0.2, -0.15) is 0 Å². The zero-order valence-electron chi connectivity index (χ0n) is 74.0. The molecule has 0 radical (unpaired) electrons. The van der Waals surface area contributed by atoms with E-state index in [0.29, 0.717) is 35.1 Å². The van der Waals surface area contributed by atoms with E-state index in [1.807, 2.05) is 5.92 Å². The van der Waals surface area contributed by atoms with Crippen molar-refractivity contribution in [2.24, 2.45) is 0 Å². The lowest BCUT2D eigenvalue weighted by molar-refractivity contribution is -0.147. The smallest absolute Gasteiger partial charge is 0.333 e. The summed E-state index contributed by atoms with van der Waals surface area (Å²) in [7, 11) is 0. The van der Waals surface area contributed by atoms with Crippen molar-refractivity contribution in [3.05, 3.63) is 177 Å². The van der Waals surface area contributed by atoms with Crippen molar-refractivity contribution in [2.75, 3.05) is 0 Å². The Kier molecular flexibility index (Phi) is 79.7. The summed E-state index contributed by atoms with van der Waals surface area (Å²) in [5, 5.41) is 138. The standard InChI is InChI=1S/4C10H10F2O2.C9H8F2O3.4C6H8O2.C5H6O3.2C5H10O2.C4H8O3/c4*1-6(13)10(14)5-7-2-3-8(11)9(12)4-7;10-6-2-1-5(3-7(6)11)4-8(12)9(13)14;4*1-3-4-6(8)5(2)7;1-2-3-4(6)5(7)8;2*1-3-5(7)4(2)6;1-2-3(5)4(6)7/h4*2-4,10,14H,5H2,1H3;1-3,8,12H,4H2,(H,13,14);4*1,6,8H,4H2,2H3;1,4,6H,3H2,(H,7,8);2*5,7H,3H2,1-2H3;3,5H,2H2,1H3,(H,6,7). The number of rotatable bonds is 31. The Labute approximate surface area is 752 Å². The van der Waals surface area contributed by atoms with Crippen LogP contribution in [0.3, 0.4) is 0 Å². The fraction of sp³-hybridized carbons (Fsp3) is 0.424. The molecule has 0 aliphatic heterocycles. The molecule has 13 unspecified atom stereocenters. The second-order valence-corrected chi connectivity index (χ2v) is 26.9. The number of hydrogen-bond acceptors (Lipinski definition) is 26. The van der Waals surface area contributed by atoms with Gasteiger partial charge in [-0.1, -0.05) is 51.1 Å². The molecule has 5 rings (SSSR count). The average molecular weight is 1870 g/mol. The van der Waals surface area contributed by atoms with Gasteiger partial charge >= 0.3 is 17.9 Å². The molecule has 726 valence electrons. The first-order valence-corrected chi connectivity index (χ1v) is 38.4. The summed E-state index contributed by atoms with van der Waals surface area (Å²) < 4.78 is 126. The van der Waals surface area contributed by atoms with E-state index in [1.54, 1.807) is 20.8 Å². The number of carbonyl (C=O) groups excluding carboxylic acids is 10. The van der Waals surface area contributed by atoms with Gasteiger partial charge in [-0.3, -0.25) is 47.9 Å². The van der Waals surface area contributed by atoms with E-state index in [2.05, 4.69) is 23.7 Å². The number of carboxylic acids is 3. The highest BCUT2D eigenvalue weighted by Gasteiger charge is 2.19. The van der Waals surface area contributed by atoms with Gasteiger partial charge in [0, 0.05) is 64.2 Å². The molecule has 0 aliphatic carbocycles. The summed E-state index contributed by atoms with van der Waals surface area (Å²) in [5.74, 6) is -5.77. The van der Waals surface area contributed by atoms with Crippen LogP contribution < -0.4 is 0 Å². The number of terminal acetylenes is 5. The number of aliphatic hydroxyl groups excluding tert-OH is 13. The largest absolute Gasteiger partial charge is 0.479 e. The number of carboxylic acid groups (broad SMARTS) is 3. The van der Waals surface area contributed by atoms with Crippen molar-refractivity contribution in [3.63, 3.8) is 0 Å². The monoisotopic (exact) mass is 1870 g/mol. The number of hydrogen-bond donors (Lipinski definition) is 16. The first kappa shape index (κ1) is 134. The third kappa shape index (κ3) is 74.3. The second kappa shape index (κ2) is 77.7. The van der Waals surface area contributed by atoms with Crippen LogP contribution in [0.15, 0.2) is 91.0 Å². The number of aliphatic hydroxyl groups is 13. The minimum atomic E-state index is -1.60. The number of halogens is 10. The number of Topliss-reactive ketones (excluding diaryl/α,β-unsaturated/α-hetero) is 10. The summed E-state index contributed by atoms with van der Waals surface area (Å²) in [6.07, 6.45) is 11.3. The third-order valence-corrected chi connectivity index (χ3v) is 15.3. The van der Waals surface area contributed by atoms with Crippen LogP contribution in [0.2, 0.25) is 0 Å². The number of ketones is 10. The summed E-state index contributed by atoms with van der Waals surface area (Å²) in [6.45, 7) is 18.1. The first-order valence-electron chi connectivity index (χ1n) is 38.4. The molecule has 0 saturated heterocycles. The molecular formula is C92H114F10O29. The highest BCUT2D eigenvalue weighted by atomic mass is 19.2. The molecule has 29 nitrogen and oxygen atoms in total. The van der Waals surface area contributed by atoms with Crippen molar-refractivity contribution in [1.82, 2.24) is 0 Å². The van der Waals surface area contributed by atoms with Crippen LogP contribution in [0.5, 0.6) is 0 Å². The van der Waals surface area contributed by atoms with Crippen molar-refractivity contribution in [2.45, 2.75) is 253 Å². The molecule has 5 aromatic rings.